The van der Waals surface area contributed by atoms with Crippen LogP contribution in [0.15, 0.2) is 264 Å². The molecule has 1 aliphatic heterocycles. The normalized spacial score (nSPS) is 11.7. The first-order valence-corrected chi connectivity index (χ1v) is 47.4. The molecule has 9 heterocycles. The van der Waals surface area contributed by atoms with Crippen molar-refractivity contribution in [3.05, 3.63) is 363 Å². The largest absolute Gasteiger partial charge is 0.481 e. The van der Waals surface area contributed by atoms with Crippen LogP contribution in [0.5, 0.6) is 11.6 Å². The van der Waals surface area contributed by atoms with E-state index in [1.807, 2.05) is 138 Å². The summed E-state index contributed by atoms with van der Waals surface area (Å²) in [4.78, 5) is 35.5. The number of methoxy groups -OCH3 is 1. The highest BCUT2D eigenvalue weighted by Gasteiger charge is 2.26. The number of anilines is 1. The molecule has 13 aromatic rings. The number of hydrogen-bond acceptors (Lipinski definition) is 13. The monoisotopic (exact) mass is 1810 g/mol. The Kier molecular flexibility index (Phi) is 46.0. The zero-order chi connectivity index (χ0) is 95.6. The van der Waals surface area contributed by atoms with Gasteiger partial charge in [-0.2, -0.15) is 19.0 Å². The Morgan fingerprint density at radius 1 is 0.454 bits per heavy atom. The fourth-order valence-electron chi connectivity index (χ4n) is 13.8. The van der Waals surface area contributed by atoms with E-state index in [1.165, 1.54) is 86.4 Å². The minimum atomic E-state index is -3.12. The number of benzene rings is 5. The van der Waals surface area contributed by atoms with Crippen molar-refractivity contribution >= 4 is 28.5 Å². The zero-order valence-corrected chi connectivity index (χ0v) is 83.1. The predicted octanol–water partition coefficient (Wildman–Crippen LogP) is 27.6. The summed E-state index contributed by atoms with van der Waals surface area (Å²) in [6, 6.07) is 65.6. The van der Waals surface area contributed by atoms with Crippen LogP contribution in [0, 0.1) is 6.92 Å². The molecule has 0 unspecified atom stereocenters. The molecule has 15 nitrogen and oxygen atoms in total. The van der Waals surface area contributed by atoms with Crippen molar-refractivity contribution in [3.8, 4) is 16.6 Å². The van der Waals surface area contributed by atoms with Crippen LogP contribution in [0.25, 0.3) is 5.00 Å². The second-order valence-electron chi connectivity index (χ2n) is 35.6. The fraction of sp³-hybridized carbons (Fsp3) is 0.413. The molecule has 0 spiro atoms. The minimum absolute atomic E-state index is 0.0228. The van der Waals surface area contributed by atoms with Crippen molar-refractivity contribution in [2.45, 2.75) is 263 Å². The van der Waals surface area contributed by atoms with Gasteiger partial charge in [0.05, 0.1) is 38.6 Å². The minimum Gasteiger partial charge on any atom is -0.481 e. The molecule has 0 atom stereocenters. The van der Waals surface area contributed by atoms with Crippen LogP contribution in [0.3, 0.4) is 0 Å². The maximum atomic E-state index is 12.9. The number of thiophene rings is 2. The second-order valence-corrected chi connectivity index (χ2v) is 37.5. The summed E-state index contributed by atoms with van der Waals surface area (Å²) in [7, 11) is 5.60. The molecule has 2 N–H and O–H groups in total. The lowest BCUT2D eigenvalue weighted by Crippen LogP contribution is -2.20. The first-order chi connectivity index (χ1) is 61.8. The number of nitrogens with one attached hydrogen (secondary N) is 2. The van der Waals surface area contributed by atoms with Gasteiger partial charge >= 0.3 is 6.11 Å². The first-order valence-electron chi connectivity index (χ1n) is 45.6. The van der Waals surface area contributed by atoms with Crippen molar-refractivity contribution in [1.82, 2.24) is 49.3 Å². The molecular formula is C109H145F4N11O4S2. The standard InChI is InChI=1S/C15H20N2O.C13H16N2.C13H15NOS.C12H16F2.C12H18N2.C12H13NOS.C11H14F2O.C11H17N.C10H16N2/c1-11(2)14-7-5-13(6-8-14)10-17-15(18-4)12(3)9-16-17;1-11(2)13-6-4-12(5-7-13)10-15-9-3-8-14-15;1-10(2)11-7-12(16-9-11)8-14-6-4-3-5-13(14)15;1-9(2)11-7-5-4-6-10(11)8-12(3,13)14;1-10(2)11-5-6-12(13-9-11)14-7-3-4-8-14;1-9(2)10-7-12(15-8-10)13-6-4-3-5-11(13)14;1-8(2)9-6-4-5-7-10(9)14-11(3,12)13;1-9(2)11-7-5-4-6-10(11)8-12-3;1-8(2)9-4-5-12-10(6-9)7-11-3/h5-9,11H,10H2,1-4H3;3-9,11H,10H2,1-2H3;3-7,9-10H,8H2,1-2H3;4-7,9H,8H2,1-3H3;5-6,9-10H,3-4,7-8H2,1-2H3;3-9H,1-2H3;4-8H,1-3H3;4-7,9,12H,8H2,1-3H3;4-6,8,11H,7H2,1-3H3. The van der Waals surface area contributed by atoms with Crippen LogP contribution >= 0.6 is 22.7 Å². The molecular weight excluding hydrogens is 1670 g/mol. The Morgan fingerprint density at radius 2 is 0.962 bits per heavy atom. The van der Waals surface area contributed by atoms with E-state index in [-0.39, 0.29) is 29.2 Å². The zero-order valence-electron chi connectivity index (χ0n) is 81.5. The third-order valence-electron chi connectivity index (χ3n) is 21.4. The SMILES string of the molecule is CC(C)c1ccc(Cn2cccn2)cc1.CC(C)c1ccc(N2CCCC2)nc1.CC(C)c1ccccc1CC(C)(F)F.CC(C)c1ccccc1OC(C)(F)F.CC(C)c1csc(-n2ccccc2=O)c1.CC(C)c1csc(Cn2ccccc2=O)c1.CNCc1cc(C(C)C)ccn1.CNCc1ccccc1C(C)C.COc1c(C)cnn1Cc1ccc(C(C)C)cc1. The quantitative estimate of drug-likeness (QED) is 0.0499. The number of ether oxygens (including phenoxy) is 2. The van der Waals surface area contributed by atoms with Gasteiger partial charge in [0.25, 0.3) is 11.1 Å². The molecule has 8 aromatic heterocycles. The van der Waals surface area contributed by atoms with Gasteiger partial charge in [0.1, 0.15) is 16.6 Å². The molecule has 0 aliphatic carbocycles. The van der Waals surface area contributed by atoms with Gasteiger partial charge in [-0.15, -0.1) is 22.7 Å². The Hall–Kier alpha value is -10.8. The summed E-state index contributed by atoms with van der Waals surface area (Å²) in [5.74, 6) is 4.11. The van der Waals surface area contributed by atoms with Crippen molar-refractivity contribution < 1.29 is 27.0 Å². The molecule has 1 fully saturated rings. The molecule has 0 amide bonds. The van der Waals surface area contributed by atoms with Crippen molar-refractivity contribution in [1.29, 1.82) is 0 Å². The Balaban J connectivity index is 0.000000226. The molecule has 0 bridgehead atoms. The van der Waals surface area contributed by atoms with Crippen LogP contribution < -0.4 is 36.1 Å². The van der Waals surface area contributed by atoms with Crippen molar-refractivity contribution in [2.75, 3.05) is 39.2 Å². The number of nitrogens with zero attached hydrogens (tertiary/aromatic N) is 9. The highest BCUT2D eigenvalue weighted by atomic mass is 32.1. The lowest BCUT2D eigenvalue weighted by atomic mass is 9.94. The average Bonchev–Trinajstić information content (AvgIpc) is 1.77. The number of rotatable bonds is 26. The number of para-hydroxylation sites is 1. The van der Waals surface area contributed by atoms with Gasteiger partial charge in [0, 0.05) is 99.3 Å². The van der Waals surface area contributed by atoms with Crippen molar-refractivity contribution in [2.24, 2.45) is 0 Å². The molecule has 0 radical (unpaired) electrons. The Bertz CT molecular complexity index is 5380. The summed E-state index contributed by atoms with van der Waals surface area (Å²) >= 11 is 3.33. The van der Waals surface area contributed by atoms with Gasteiger partial charge in [-0.25, -0.2) is 18.4 Å². The lowest BCUT2D eigenvalue weighted by molar-refractivity contribution is -0.159. The van der Waals surface area contributed by atoms with E-state index in [9.17, 15) is 27.2 Å². The number of halogens is 4. The van der Waals surface area contributed by atoms with E-state index in [4.69, 9.17) is 4.74 Å². The summed E-state index contributed by atoms with van der Waals surface area (Å²) in [6.07, 6.45) is 12.5. The smallest absolute Gasteiger partial charge is 0.394 e. The molecule has 21 heteroatoms. The molecule has 14 rings (SSSR count). The average molecular weight is 1810 g/mol. The van der Waals surface area contributed by atoms with Crippen LogP contribution in [0.4, 0.5) is 23.4 Å². The van der Waals surface area contributed by atoms with Gasteiger partial charge in [-0.1, -0.05) is 258 Å². The van der Waals surface area contributed by atoms with Gasteiger partial charge in [-0.3, -0.25) is 23.8 Å². The van der Waals surface area contributed by atoms with Gasteiger partial charge in [0.15, 0.2) is 0 Å². The van der Waals surface area contributed by atoms with Gasteiger partial charge < -0.3 is 29.6 Å². The highest BCUT2D eigenvalue weighted by Crippen LogP contribution is 2.32. The molecule has 5 aromatic carbocycles. The number of alkyl halides is 4. The molecule has 130 heavy (non-hydrogen) atoms. The Labute approximate surface area is 781 Å². The maximum Gasteiger partial charge on any atom is 0.394 e. The topological polar surface area (TPSA) is 151 Å². The summed E-state index contributed by atoms with van der Waals surface area (Å²) < 4.78 is 68.1. The third kappa shape index (κ3) is 38.3. The molecule has 1 aliphatic rings. The third-order valence-corrected chi connectivity index (χ3v) is 23.3. The van der Waals surface area contributed by atoms with E-state index in [2.05, 4.69) is 257 Å². The number of pyridine rings is 4. The van der Waals surface area contributed by atoms with Crippen LogP contribution in [0.1, 0.15) is 293 Å². The van der Waals surface area contributed by atoms with Crippen LogP contribution in [0.2, 0.25) is 0 Å². The van der Waals surface area contributed by atoms with Crippen LogP contribution in [-0.2, 0) is 39.1 Å². The maximum absolute atomic E-state index is 12.9. The summed E-state index contributed by atoms with van der Waals surface area (Å²) in [6.45, 7) is 48.8. The lowest BCUT2D eigenvalue weighted by Gasteiger charge is -2.17. The molecule has 1 saturated heterocycles. The van der Waals surface area contributed by atoms with E-state index >= 15 is 0 Å². The van der Waals surface area contributed by atoms with E-state index in [1.54, 1.807) is 93.6 Å². The molecule has 700 valence electrons. The predicted molar refractivity (Wildman–Crippen MR) is 538 cm³/mol. The summed E-state index contributed by atoms with van der Waals surface area (Å²) in [5.41, 5.74) is 18.3. The van der Waals surface area contributed by atoms with E-state index in [0.29, 0.717) is 53.9 Å². The summed E-state index contributed by atoms with van der Waals surface area (Å²) in [5, 5.41) is 20.1. The van der Waals surface area contributed by atoms with E-state index < -0.39 is 12.0 Å². The van der Waals surface area contributed by atoms with Gasteiger partial charge in [0.2, 0.25) is 11.8 Å². The number of hydrogen-bond donors (Lipinski definition) is 2. The second kappa shape index (κ2) is 55.4. The molecule has 0 saturated carbocycles. The highest BCUT2D eigenvalue weighted by molar-refractivity contribution is 7.12. The first kappa shape index (κ1) is 108. The van der Waals surface area contributed by atoms with E-state index in [0.717, 1.165) is 84.7 Å². The van der Waals surface area contributed by atoms with Crippen molar-refractivity contribution in [3.63, 3.8) is 0 Å². The fourth-order valence-corrected chi connectivity index (χ4v) is 15.9. The van der Waals surface area contributed by atoms with Gasteiger partial charge in [-0.05, 0) is 232 Å². The Morgan fingerprint density at radius 3 is 1.45 bits per heavy atom. The number of aromatic nitrogens is 8. The number of aryl methyl sites for hydroxylation is 1. The van der Waals surface area contributed by atoms with Crippen LogP contribution in [-0.4, -0.2) is 85.0 Å².